The number of rotatable bonds is 6. The van der Waals surface area contributed by atoms with E-state index in [2.05, 4.69) is 16.9 Å². The van der Waals surface area contributed by atoms with Gasteiger partial charge in [-0.05, 0) is 12.1 Å². The summed E-state index contributed by atoms with van der Waals surface area (Å²) < 4.78 is 10.1. The number of nitriles is 1. The van der Waals surface area contributed by atoms with Gasteiger partial charge in [-0.2, -0.15) is 5.26 Å². The molecule has 8 heteroatoms. The lowest BCUT2D eigenvalue weighted by atomic mass is 10.1. The lowest BCUT2D eigenvalue weighted by Crippen LogP contribution is -3.12. The third-order valence-electron chi connectivity index (χ3n) is 4.66. The summed E-state index contributed by atoms with van der Waals surface area (Å²) in [6.07, 6.45) is 0. The first-order valence-corrected chi connectivity index (χ1v) is 9.02. The number of ether oxygens (including phenoxy) is 2. The molecule has 3 rings (SSSR count). The molecule has 27 heavy (non-hydrogen) atoms. The number of quaternary nitrogens is 1. The highest BCUT2D eigenvalue weighted by Gasteiger charge is 2.31. The van der Waals surface area contributed by atoms with Crippen molar-refractivity contribution in [2.45, 2.75) is 5.92 Å². The van der Waals surface area contributed by atoms with E-state index in [-0.39, 0.29) is 13.2 Å². The Morgan fingerprint density at radius 3 is 2.56 bits per heavy atom. The number of esters is 1. The zero-order valence-electron chi connectivity index (χ0n) is 15.6. The van der Waals surface area contributed by atoms with Gasteiger partial charge in [-0.3, -0.25) is 4.79 Å². The topological polar surface area (TPSA) is 92.8 Å². The van der Waals surface area contributed by atoms with Gasteiger partial charge in [0.25, 0.3) is 0 Å². The summed E-state index contributed by atoms with van der Waals surface area (Å²) in [5.74, 6) is -1.16. The molecule has 1 aliphatic rings. The second-order valence-electron chi connectivity index (χ2n) is 6.59. The van der Waals surface area contributed by atoms with Gasteiger partial charge in [0.2, 0.25) is 0 Å². The van der Waals surface area contributed by atoms with E-state index >= 15 is 0 Å². The molecule has 1 saturated heterocycles. The molecule has 1 fully saturated rings. The average Bonchev–Trinajstić information content (AvgIpc) is 2.69. The number of anilines is 1. The normalized spacial score (nSPS) is 16.1. The Labute approximate surface area is 158 Å². The smallest absolute Gasteiger partial charge is 0.329 e. The van der Waals surface area contributed by atoms with Crippen molar-refractivity contribution >= 4 is 22.8 Å². The molecule has 2 aromatic rings. The van der Waals surface area contributed by atoms with Gasteiger partial charge in [0.1, 0.15) is 12.3 Å². The molecule has 0 saturated carbocycles. The predicted molar refractivity (Wildman–Crippen MR) is 99.6 cm³/mol. The average molecular weight is 370 g/mol. The second-order valence-corrected chi connectivity index (χ2v) is 6.59. The van der Waals surface area contributed by atoms with Crippen molar-refractivity contribution < 1.29 is 19.2 Å². The number of aromatic nitrogens is 2. The Kier molecular flexibility index (Phi) is 6.16. The highest BCUT2D eigenvalue weighted by Crippen LogP contribution is 2.28. The van der Waals surface area contributed by atoms with E-state index in [1.54, 1.807) is 0 Å². The number of carbonyl (C=O) groups is 1. The van der Waals surface area contributed by atoms with Gasteiger partial charge in [-0.25, -0.2) is 9.97 Å². The quantitative estimate of drug-likeness (QED) is 0.554. The second kappa shape index (κ2) is 8.75. The summed E-state index contributed by atoms with van der Waals surface area (Å²) in [5.41, 5.74) is 1.76. The summed E-state index contributed by atoms with van der Waals surface area (Å²) in [6.45, 7) is 3.89. The summed E-state index contributed by atoms with van der Waals surface area (Å²) in [4.78, 5) is 25.4. The van der Waals surface area contributed by atoms with Gasteiger partial charge >= 0.3 is 5.97 Å². The van der Waals surface area contributed by atoms with Crippen LogP contribution in [0.4, 0.5) is 5.82 Å². The lowest BCUT2D eigenvalue weighted by Gasteiger charge is -2.32. The Morgan fingerprint density at radius 2 is 1.93 bits per heavy atom. The molecule has 1 N–H and O–H groups in total. The number of para-hydroxylation sites is 2. The maximum absolute atomic E-state index is 12.5. The van der Waals surface area contributed by atoms with E-state index in [1.165, 1.54) is 12.0 Å². The maximum atomic E-state index is 12.5. The molecule has 0 radical (unpaired) electrons. The van der Waals surface area contributed by atoms with Gasteiger partial charge < -0.3 is 19.3 Å². The maximum Gasteiger partial charge on any atom is 0.329 e. The van der Waals surface area contributed by atoms with Gasteiger partial charge in [0.05, 0.1) is 56.9 Å². The van der Waals surface area contributed by atoms with Crippen molar-refractivity contribution in [3.63, 3.8) is 0 Å². The first-order valence-electron chi connectivity index (χ1n) is 9.02. The number of nitrogens with zero attached hydrogens (tertiary/aromatic N) is 4. The van der Waals surface area contributed by atoms with Crippen molar-refractivity contribution in [2.24, 2.45) is 0 Å². The monoisotopic (exact) mass is 370 g/mol. The third-order valence-corrected chi connectivity index (χ3v) is 4.66. The molecule has 1 aliphatic heterocycles. The molecule has 1 atom stereocenters. The van der Waals surface area contributed by atoms with Crippen molar-refractivity contribution in [1.82, 2.24) is 9.97 Å². The number of carbonyl (C=O) groups excluding carboxylic acids is 1. The SMILES string of the molecule is COCCOC(=O)[C@H](C#N)c1nc2ccccc2nc1N1CC[NH+](C)CC1. The van der Waals surface area contributed by atoms with Crippen LogP contribution < -0.4 is 9.80 Å². The summed E-state index contributed by atoms with van der Waals surface area (Å²) in [6, 6.07) is 9.52. The number of piperazine rings is 1. The van der Waals surface area contributed by atoms with Gasteiger partial charge in [0, 0.05) is 7.11 Å². The number of benzene rings is 1. The Morgan fingerprint density at radius 1 is 1.26 bits per heavy atom. The summed E-state index contributed by atoms with van der Waals surface area (Å²) in [7, 11) is 3.67. The highest BCUT2D eigenvalue weighted by molar-refractivity contribution is 5.85. The standard InChI is InChI=1S/C19H23N5O3/c1-23-7-9-24(10-8-23)18-17(14(13-20)19(25)27-12-11-26-2)21-15-5-3-4-6-16(15)22-18/h3-6,14H,7-12H2,1-2H3/p+1/t14-/m1/s1. The van der Waals surface area contributed by atoms with Crippen LogP contribution in [-0.4, -0.2) is 69.5 Å². The molecule has 0 unspecified atom stereocenters. The van der Waals surface area contributed by atoms with Crippen LogP contribution in [0.15, 0.2) is 24.3 Å². The first kappa shape index (κ1) is 19.0. The number of hydrogen-bond acceptors (Lipinski definition) is 7. The molecule has 0 spiro atoms. The largest absolute Gasteiger partial charge is 0.462 e. The van der Waals surface area contributed by atoms with Crippen LogP contribution in [0.1, 0.15) is 11.6 Å². The minimum atomic E-state index is -1.12. The lowest BCUT2D eigenvalue weighted by molar-refractivity contribution is -0.880. The Balaban J connectivity index is 1.99. The first-order chi connectivity index (χ1) is 13.1. The van der Waals surface area contributed by atoms with Crippen molar-refractivity contribution in [3.05, 3.63) is 30.0 Å². The van der Waals surface area contributed by atoms with Crippen LogP contribution in [-0.2, 0) is 14.3 Å². The fourth-order valence-corrected chi connectivity index (χ4v) is 3.07. The number of hydrogen-bond donors (Lipinski definition) is 1. The van der Waals surface area contributed by atoms with Crippen LogP contribution in [0.5, 0.6) is 0 Å². The Hall–Kier alpha value is -2.76. The molecule has 0 amide bonds. The number of fused-ring (bicyclic) bond motifs is 1. The number of nitrogens with one attached hydrogen (secondary N) is 1. The van der Waals surface area contributed by atoms with E-state index in [1.807, 2.05) is 30.3 Å². The number of likely N-dealkylation sites (N-methyl/N-ethyl adjacent to an activating group) is 1. The molecule has 2 heterocycles. The molecule has 0 aliphatic carbocycles. The van der Waals surface area contributed by atoms with Crippen LogP contribution >= 0.6 is 0 Å². The van der Waals surface area contributed by atoms with Gasteiger partial charge in [0.15, 0.2) is 11.7 Å². The van der Waals surface area contributed by atoms with Gasteiger partial charge in [-0.15, -0.1) is 0 Å². The fourth-order valence-electron chi connectivity index (χ4n) is 3.07. The molecular formula is C19H24N5O3+. The highest BCUT2D eigenvalue weighted by atomic mass is 16.6. The zero-order chi connectivity index (χ0) is 19.2. The van der Waals surface area contributed by atoms with E-state index in [4.69, 9.17) is 14.5 Å². The molecule has 142 valence electrons. The zero-order valence-corrected chi connectivity index (χ0v) is 15.6. The van der Waals surface area contributed by atoms with E-state index in [0.717, 1.165) is 31.7 Å². The minimum Gasteiger partial charge on any atom is -0.462 e. The predicted octanol–water partition coefficient (Wildman–Crippen LogP) is -0.239. The van der Waals surface area contributed by atoms with Crippen molar-refractivity contribution in [2.75, 3.05) is 58.5 Å². The summed E-state index contributed by atoms with van der Waals surface area (Å²) >= 11 is 0. The molecule has 8 nitrogen and oxygen atoms in total. The van der Waals surface area contributed by atoms with E-state index < -0.39 is 11.9 Å². The number of methoxy groups -OCH3 is 1. The third kappa shape index (κ3) is 4.32. The molecular weight excluding hydrogens is 346 g/mol. The minimum absolute atomic E-state index is 0.0989. The van der Waals surface area contributed by atoms with Gasteiger partial charge in [-0.1, -0.05) is 12.1 Å². The fraction of sp³-hybridized carbons (Fsp3) is 0.474. The molecule has 0 bridgehead atoms. The van der Waals surface area contributed by atoms with Crippen molar-refractivity contribution in [1.29, 1.82) is 5.26 Å². The van der Waals surface area contributed by atoms with Crippen LogP contribution in [0.2, 0.25) is 0 Å². The van der Waals surface area contributed by atoms with E-state index in [0.29, 0.717) is 17.0 Å². The van der Waals surface area contributed by atoms with Crippen LogP contribution in [0, 0.1) is 11.3 Å². The molecule has 1 aromatic heterocycles. The van der Waals surface area contributed by atoms with Crippen LogP contribution in [0.3, 0.4) is 0 Å². The summed E-state index contributed by atoms with van der Waals surface area (Å²) in [5, 5.41) is 9.67. The van der Waals surface area contributed by atoms with E-state index in [9.17, 15) is 10.1 Å². The van der Waals surface area contributed by atoms with Crippen molar-refractivity contribution in [3.8, 4) is 6.07 Å². The Bertz CT molecular complexity index is 843. The van der Waals surface area contributed by atoms with Crippen LogP contribution in [0.25, 0.3) is 11.0 Å². The molecule has 1 aromatic carbocycles.